The highest BCUT2D eigenvalue weighted by atomic mass is 32.2. The van der Waals surface area contributed by atoms with Crippen LogP contribution in [0.3, 0.4) is 0 Å². The van der Waals surface area contributed by atoms with E-state index in [0.717, 1.165) is 171 Å². The van der Waals surface area contributed by atoms with E-state index in [2.05, 4.69) is 220 Å². The van der Waals surface area contributed by atoms with Gasteiger partial charge in [0.25, 0.3) is 13.4 Å². The molecule has 86 heavy (non-hydrogen) atoms. The highest BCUT2D eigenvalue weighted by Crippen LogP contribution is 2.52. The van der Waals surface area contributed by atoms with Gasteiger partial charge in [0.1, 0.15) is 52.1 Å². The molecule has 4 aliphatic heterocycles. The number of aromatic nitrogens is 3. The van der Waals surface area contributed by atoms with Crippen LogP contribution >= 0.6 is 11.8 Å². The second-order valence-electron chi connectivity index (χ2n) is 22.4. The molecule has 0 unspecified atom stereocenters. The van der Waals surface area contributed by atoms with E-state index in [0.29, 0.717) is 11.1 Å². The molecule has 0 bridgehead atoms. The molecule has 19 rings (SSSR count). The third kappa shape index (κ3) is 6.45. The van der Waals surface area contributed by atoms with Gasteiger partial charge in [-0.15, -0.1) is 0 Å². The fourth-order valence-corrected chi connectivity index (χ4v) is 15.4. The molecule has 0 amide bonds. The summed E-state index contributed by atoms with van der Waals surface area (Å²) in [6, 6.07) is 87.0. The second kappa shape index (κ2) is 17.6. The van der Waals surface area contributed by atoms with Gasteiger partial charge >= 0.3 is 0 Å². The second-order valence-corrected chi connectivity index (χ2v) is 23.5. The molecule has 0 aliphatic carbocycles. The number of fused-ring (bicyclic) bond motifs is 20. The van der Waals surface area contributed by atoms with Crippen LogP contribution in [0.5, 0.6) is 46.0 Å². The lowest BCUT2D eigenvalue weighted by Gasteiger charge is -2.33. The third-order valence-corrected chi connectivity index (χ3v) is 19.0. The van der Waals surface area contributed by atoms with Crippen molar-refractivity contribution < 1.29 is 18.9 Å². The van der Waals surface area contributed by atoms with Gasteiger partial charge in [0, 0.05) is 83.0 Å². The van der Waals surface area contributed by atoms with E-state index in [-0.39, 0.29) is 13.4 Å². The molecule has 0 spiro atoms. The Labute approximate surface area is 496 Å². The average molecular weight is 1120 g/mol. The van der Waals surface area contributed by atoms with Crippen LogP contribution in [0, 0.1) is 22.7 Å². The van der Waals surface area contributed by atoms with E-state index in [9.17, 15) is 10.5 Å². The van der Waals surface area contributed by atoms with E-state index in [4.69, 9.17) is 18.9 Å². The number of hydrogen-bond donors (Lipinski definition) is 0. The maximum absolute atomic E-state index is 10.2. The zero-order valence-electron chi connectivity index (χ0n) is 45.4. The van der Waals surface area contributed by atoms with Gasteiger partial charge in [-0.2, -0.15) is 10.5 Å². The number of para-hydroxylation sites is 7. The van der Waals surface area contributed by atoms with Crippen molar-refractivity contribution in [1.82, 2.24) is 13.7 Å². The standard InChI is InChI=1S/C74H39B2N5O4S/c77-40-42-29-34-66(43(35-42)41-78)86-47-32-30-44(31-33-47)79-55-22-8-1-15-48(55)67-72(79)68-49-16-2-9-23-56(49)80(45-36-62-70-63(37-45)83-59-26-12-5-19-52(59)75(70)51-18-4-11-25-58(51)82-62)74(68)69-50-17-3-10-24-57(50)81(73(67)69)46-38-64-71-65(39-46)85-61-28-14-7-21-54(61)76(71)53-20-6-13-27-60(53)84-64/h1-39H. The fraction of sp³-hybridized carbons (Fsp3) is 0. The van der Waals surface area contributed by atoms with Crippen molar-refractivity contribution in [2.24, 2.45) is 0 Å². The number of ether oxygens (including phenoxy) is 4. The predicted octanol–water partition coefficient (Wildman–Crippen LogP) is 14.3. The molecule has 0 atom stereocenters. The number of rotatable bonds is 5. The van der Waals surface area contributed by atoms with Crippen molar-refractivity contribution >= 4 is 123 Å². The van der Waals surface area contributed by atoms with Gasteiger partial charge in [-0.05, 0) is 107 Å². The summed E-state index contributed by atoms with van der Waals surface area (Å²) in [5, 5.41) is 26.3. The Morgan fingerprint density at radius 1 is 0.337 bits per heavy atom. The predicted molar refractivity (Wildman–Crippen MR) is 345 cm³/mol. The summed E-state index contributed by atoms with van der Waals surface area (Å²) in [7, 11) is 0. The normalized spacial score (nSPS) is 13.0. The molecular weight excluding hydrogens is 1080 g/mol. The van der Waals surface area contributed by atoms with Crippen molar-refractivity contribution in [2.75, 3.05) is 0 Å². The lowest BCUT2D eigenvalue weighted by atomic mass is 9.35. The van der Waals surface area contributed by atoms with Gasteiger partial charge in [0.05, 0.1) is 61.7 Å². The monoisotopic (exact) mass is 1120 g/mol. The Morgan fingerprint density at radius 2 is 0.698 bits per heavy atom. The molecule has 9 nitrogen and oxygen atoms in total. The Hall–Kier alpha value is -11.3. The summed E-state index contributed by atoms with van der Waals surface area (Å²) in [5.74, 6) is 6.30. The van der Waals surface area contributed by atoms with Gasteiger partial charge in [-0.25, -0.2) is 0 Å². The lowest BCUT2D eigenvalue weighted by Crippen LogP contribution is -2.57. The molecule has 0 fully saturated rings. The van der Waals surface area contributed by atoms with E-state index in [1.807, 2.05) is 30.3 Å². The lowest BCUT2D eigenvalue weighted by molar-refractivity contribution is 0.463. The van der Waals surface area contributed by atoms with Crippen LogP contribution < -0.4 is 51.7 Å². The molecule has 0 saturated carbocycles. The number of benzene rings is 12. The summed E-state index contributed by atoms with van der Waals surface area (Å²) in [4.78, 5) is 1.74. The summed E-state index contributed by atoms with van der Waals surface area (Å²) in [6.45, 7) is -0.173. The highest BCUT2D eigenvalue weighted by Gasteiger charge is 2.43. The zero-order valence-corrected chi connectivity index (χ0v) is 46.3. The van der Waals surface area contributed by atoms with Crippen molar-refractivity contribution in [3.63, 3.8) is 0 Å². The number of hydrogen-bond acceptors (Lipinski definition) is 7. The van der Waals surface area contributed by atoms with Gasteiger partial charge in [-0.1, -0.05) is 139 Å². The van der Waals surface area contributed by atoms with Gasteiger partial charge in [0.15, 0.2) is 0 Å². The fourth-order valence-electron chi connectivity index (χ4n) is 14.5. The van der Waals surface area contributed by atoms with Crippen molar-refractivity contribution in [2.45, 2.75) is 9.79 Å². The molecule has 0 saturated heterocycles. The van der Waals surface area contributed by atoms with Crippen LogP contribution in [0.25, 0.3) is 82.5 Å². The minimum Gasteiger partial charge on any atom is -0.458 e. The van der Waals surface area contributed by atoms with Gasteiger partial charge in [-0.3, -0.25) is 0 Å². The molecule has 7 heterocycles. The molecule has 15 aromatic rings. The van der Waals surface area contributed by atoms with Crippen LogP contribution in [-0.2, 0) is 0 Å². The van der Waals surface area contributed by atoms with Gasteiger partial charge in [0.2, 0.25) is 0 Å². The Bertz CT molecular complexity index is 5330. The first-order valence-corrected chi connectivity index (χ1v) is 29.5. The molecular formula is C74H39B2N5O4S. The first-order chi connectivity index (χ1) is 42.6. The van der Waals surface area contributed by atoms with Crippen LogP contribution in [0.4, 0.5) is 0 Å². The summed E-state index contributed by atoms with van der Waals surface area (Å²) < 4.78 is 35.5. The third-order valence-electron chi connectivity index (χ3n) is 18.0. The van der Waals surface area contributed by atoms with Crippen LogP contribution in [-0.4, -0.2) is 27.1 Å². The van der Waals surface area contributed by atoms with Crippen LogP contribution in [0.15, 0.2) is 246 Å². The highest BCUT2D eigenvalue weighted by molar-refractivity contribution is 7.99. The molecule has 0 N–H and O–H groups in total. The Morgan fingerprint density at radius 3 is 1.08 bits per heavy atom. The minimum absolute atomic E-state index is 0.0866. The first-order valence-electron chi connectivity index (χ1n) is 28.6. The Balaban J connectivity index is 0.945. The first kappa shape index (κ1) is 47.2. The molecule has 396 valence electrons. The number of nitrogens with zero attached hydrogens (tertiary/aromatic N) is 5. The van der Waals surface area contributed by atoms with Crippen molar-refractivity contribution in [1.29, 1.82) is 10.5 Å². The van der Waals surface area contributed by atoms with E-state index in [1.165, 1.54) is 11.8 Å². The summed E-state index contributed by atoms with van der Waals surface area (Å²) >= 11 is 1.51. The maximum Gasteiger partial charge on any atom is 0.260 e. The molecule has 4 aliphatic rings. The number of nitriles is 2. The molecule has 0 radical (unpaired) electrons. The zero-order chi connectivity index (χ0) is 56.5. The van der Waals surface area contributed by atoms with E-state index in [1.54, 1.807) is 12.1 Å². The molecule has 12 heteroatoms. The van der Waals surface area contributed by atoms with Crippen molar-refractivity contribution in [3.05, 3.63) is 248 Å². The smallest absolute Gasteiger partial charge is 0.260 e. The van der Waals surface area contributed by atoms with Crippen molar-refractivity contribution in [3.8, 4) is 75.2 Å². The topological polar surface area (TPSA) is 99.3 Å². The van der Waals surface area contributed by atoms with Crippen LogP contribution in [0.2, 0.25) is 0 Å². The quantitative estimate of drug-likeness (QED) is 0.158. The van der Waals surface area contributed by atoms with E-state index >= 15 is 0 Å². The Kier molecular flexibility index (Phi) is 9.67. The summed E-state index contributed by atoms with van der Waals surface area (Å²) in [5.41, 5.74) is 16.3. The summed E-state index contributed by atoms with van der Waals surface area (Å²) in [6.07, 6.45) is 0. The van der Waals surface area contributed by atoms with E-state index < -0.39 is 0 Å². The average Bonchev–Trinajstić information content (AvgIpc) is 1.56. The van der Waals surface area contributed by atoms with Gasteiger partial charge < -0.3 is 32.6 Å². The van der Waals surface area contributed by atoms with Crippen LogP contribution in [0.1, 0.15) is 11.1 Å². The molecule has 3 aromatic heterocycles. The SMILES string of the molecule is N#Cc1ccc(Sc2ccc(-n3c4ccccc4c4c3c3c5ccccc5n(-c5cc6c7c(c5)Oc5ccccc5B7c5ccccc5O6)c3c3c5ccccc5n(-c5cc6c7c(c5)Oc5ccccc5B7c5ccccc5O6)c43)cc2)c(C#N)c1. The maximum atomic E-state index is 10.2. The largest absolute Gasteiger partial charge is 0.458 e. The minimum atomic E-state index is -0.0866. The molecule has 12 aromatic carbocycles.